The Morgan fingerprint density at radius 2 is 1.95 bits per heavy atom. The van der Waals surface area contributed by atoms with E-state index < -0.39 is 0 Å². The van der Waals surface area contributed by atoms with Crippen LogP contribution in [0.3, 0.4) is 0 Å². The summed E-state index contributed by atoms with van der Waals surface area (Å²) in [6.45, 7) is 5.47. The molecule has 2 N–H and O–H groups in total. The van der Waals surface area contributed by atoms with Crippen molar-refractivity contribution in [2.24, 2.45) is 11.7 Å². The van der Waals surface area contributed by atoms with Crippen LogP contribution in [0.4, 0.5) is 0 Å². The predicted octanol–water partition coefficient (Wildman–Crippen LogP) is 2.44. The van der Waals surface area contributed by atoms with Crippen LogP contribution in [0.5, 0.6) is 11.5 Å². The van der Waals surface area contributed by atoms with E-state index in [0.717, 1.165) is 42.6 Å². The number of nitrogens with two attached hydrogens (primary N) is 1. The minimum atomic E-state index is -0.0477. The van der Waals surface area contributed by atoms with E-state index in [-0.39, 0.29) is 6.04 Å². The molecule has 1 atom stereocenters. The number of hydrogen-bond donors (Lipinski definition) is 1. The van der Waals surface area contributed by atoms with Crippen LogP contribution in [0.2, 0.25) is 0 Å². The van der Waals surface area contributed by atoms with Crippen molar-refractivity contribution in [2.75, 3.05) is 33.9 Å². The van der Waals surface area contributed by atoms with Crippen LogP contribution < -0.4 is 15.2 Å². The minimum absolute atomic E-state index is 0.0477. The highest BCUT2D eigenvalue weighted by Crippen LogP contribution is 2.29. The second-order valence-corrected chi connectivity index (χ2v) is 5.70. The molecule has 4 heteroatoms. The molecule has 1 saturated heterocycles. The summed E-state index contributed by atoms with van der Waals surface area (Å²) in [4.78, 5) is 2.45. The van der Waals surface area contributed by atoms with Gasteiger partial charge in [-0.05, 0) is 50.0 Å². The van der Waals surface area contributed by atoms with Crippen molar-refractivity contribution in [3.8, 4) is 11.5 Å². The summed E-state index contributed by atoms with van der Waals surface area (Å²) in [6.07, 6.45) is 2.53. The van der Waals surface area contributed by atoms with E-state index in [0.29, 0.717) is 0 Å². The van der Waals surface area contributed by atoms with E-state index in [1.54, 1.807) is 14.2 Å². The fourth-order valence-electron chi connectivity index (χ4n) is 2.75. The summed E-state index contributed by atoms with van der Waals surface area (Å²) in [7, 11) is 3.35. The van der Waals surface area contributed by atoms with Crippen molar-refractivity contribution in [2.45, 2.75) is 25.8 Å². The van der Waals surface area contributed by atoms with Crippen molar-refractivity contribution in [1.29, 1.82) is 0 Å². The van der Waals surface area contributed by atoms with Gasteiger partial charge in [0.1, 0.15) is 11.5 Å². The van der Waals surface area contributed by atoms with Crippen LogP contribution in [0.25, 0.3) is 0 Å². The molecule has 0 aliphatic carbocycles. The number of hydrogen-bond acceptors (Lipinski definition) is 4. The first-order chi connectivity index (χ1) is 9.63. The zero-order chi connectivity index (χ0) is 14.5. The maximum absolute atomic E-state index is 6.38. The average Bonchev–Trinajstić information content (AvgIpc) is 2.48. The van der Waals surface area contributed by atoms with Gasteiger partial charge in [-0.3, -0.25) is 0 Å². The molecule has 0 bridgehead atoms. The number of piperidine rings is 1. The monoisotopic (exact) mass is 278 g/mol. The van der Waals surface area contributed by atoms with E-state index in [9.17, 15) is 0 Å². The smallest absolute Gasteiger partial charge is 0.123 e. The Hall–Kier alpha value is -1.26. The molecule has 0 amide bonds. The van der Waals surface area contributed by atoms with Crippen molar-refractivity contribution >= 4 is 0 Å². The second-order valence-electron chi connectivity index (χ2n) is 5.70. The quantitative estimate of drug-likeness (QED) is 0.898. The largest absolute Gasteiger partial charge is 0.497 e. The number of benzene rings is 1. The van der Waals surface area contributed by atoms with Gasteiger partial charge >= 0.3 is 0 Å². The summed E-state index contributed by atoms with van der Waals surface area (Å²) in [6, 6.07) is 5.76. The number of nitrogens with zero attached hydrogens (tertiary/aromatic N) is 1. The van der Waals surface area contributed by atoms with Gasteiger partial charge in [0.05, 0.1) is 14.2 Å². The van der Waals surface area contributed by atoms with Crippen LogP contribution in [-0.4, -0.2) is 38.8 Å². The average molecular weight is 278 g/mol. The topological polar surface area (TPSA) is 47.7 Å². The first kappa shape index (κ1) is 15.1. The Morgan fingerprint density at radius 1 is 1.25 bits per heavy atom. The highest BCUT2D eigenvalue weighted by Gasteiger charge is 2.20. The minimum Gasteiger partial charge on any atom is -0.497 e. The Kier molecular flexibility index (Phi) is 5.26. The Morgan fingerprint density at radius 3 is 2.55 bits per heavy atom. The van der Waals surface area contributed by atoms with Crippen LogP contribution in [0, 0.1) is 5.92 Å². The standard InChI is InChI=1S/C16H26N2O2/c1-12-6-8-18(9-7-12)11-15(17)14-10-13(19-2)4-5-16(14)20-3/h4-5,10,12,15H,6-9,11,17H2,1-3H3. The van der Waals surface area contributed by atoms with Crippen molar-refractivity contribution in [1.82, 2.24) is 4.90 Å². The summed E-state index contributed by atoms with van der Waals surface area (Å²) < 4.78 is 10.7. The molecule has 0 saturated carbocycles. The lowest BCUT2D eigenvalue weighted by Crippen LogP contribution is -2.38. The number of rotatable bonds is 5. The van der Waals surface area contributed by atoms with E-state index >= 15 is 0 Å². The molecule has 0 radical (unpaired) electrons. The van der Waals surface area contributed by atoms with Crippen molar-refractivity contribution < 1.29 is 9.47 Å². The molecule has 2 rings (SSSR count). The molecule has 1 fully saturated rings. The summed E-state index contributed by atoms with van der Waals surface area (Å²) in [5.74, 6) is 2.50. The van der Waals surface area contributed by atoms with E-state index in [1.165, 1.54) is 12.8 Å². The fourth-order valence-corrected chi connectivity index (χ4v) is 2.75. The van der Waals surface area contributed by atoms with Gasteiger partial charge in [0, 0.05) is 18.2 Å². The predicted molar refractivity (Wildman–Crippen MR) is 81.3 cm³/mol. The van der Waals surface area contributed by atoms with Gasteiger partial charge in [0.25, 0.3) is 0 Å². The van der Waals surface area contributed by atoms with Gasteiger partial charge in [-0.25, -0.2) is 0 Å². The van der Waals surface area contributed by atoms with Gasteiger partial charge in [-0.2, -0.15) is 0 Å². The Bertz CT molecular complexity index is 428. The molecule has 1 aromatic rings. The van der Waals surface area contributed by atoms with Gasteiger partial charge in [-0.1, -0.05) is 6.92 Å². The molecule has 112 valence electrons. The number of likely N-dealkylation sites (tertiary alicyclic amines) is 1. The Balaban J connectivity index is 2.05. The molecule has 1 heterocycles. The third kappa shape index (κ3) is 3.64. The van der Waals surface area contributed by atoms with Gasteiger partial charge in [0.15, 0.2) is 0 Å². The number of ether oxygens (including phenoxy) is 2. The third-order valence-electron chi connectivity index (χ3n) is 4.17. The van der Waals surface area contributed by atoms with Gasteiger partial charge in [-0.15, -0.1) is 0 Å². The Labute approximate surface area is 121 Å². The first-order valence-corrected chi connectivity index (χ1v) is 7.34. The molecule has 1 aromatic carbocycles. The highest BCUT2D eigenvalue weighted by molar-refractivity contribution is 5.42. The molecule has 1 aliphatic heterocycles. The normalized spacial score (nSPS) is 18.8. The van der Waals surface area contributed by atoms with E-state index in [1.807, 2.05) is 18.2 Å². The molecule has 0 aromatic heterocycles. The zero-order valence-corrected chi connectivity index (χ0v) is 12.8. The maximum Gasteiger partial charge on any atom is 0.123 e. The molecule has 4 nitrogen and oxygen atoms in total. The lowest BCUT2D eigenvalue weighted by atomic mass is 9.98. The summed E-state index contributed by atoms with van der Waals surface area (Å²) >= 11 is 0. The van der Waals surface area contributed by atoms with E-state index in [2.05, 4.69) is 11.8 Å². The lowest BCUT2D eigenvalue weighted by molar-refractivity contribution is 0.182. The van der Waals surface area contributed by atoms with E-state index in [4.69, 9.17) is 15.2 Å². The third-order valence-corrected chi connectivity index (χ3v) is 4.17. The molecule has 1 unspecified atom stereocenters. The lowest BCUT2D eigenvalue weighted by Gasteiger charge is -2.32. The second kappa shape index (κ2) is 6.95. The SMILES string of the molecule is COc1ccc(OC)c(C(N)CN2CCC(C)CC2)c1. The zero-order valence-electron chi connectivity index (χ0n) is 12.8. The highest BCUT2D eigenvalue weighted by atomic mass is 16.5. The van der Waals surface area contributed by atoms with Crippen molar-refractivity contribution in [3.05, 3.63) is 23.8 Å². The first-order valence-electron chi connectivity index (χ1n) is 7.34. The van der Waals surface area contributed by atoms with Crippen LogP contribution in [-0.2, 0) is 0 Å². The fraction of sp³-hybridized carbons (Fsp3) is 0.625. The van der Waals surface area contributed by atoms with Crippen LogP contribution in [0.1, 0.15) is 31.4 Å². The molecule has 1 aliphatic rings. The van der Waals surface area contributed by atoms with Crippen molar-refractivity contribution in [3.63, 3.8) is 0 Å². The van der Waals surface area contributed by atoms with Gasteiger partial charge in [0.2, 0.25) is 0 Å². The van der Waals surface area contributed by atoms with Gasteiger partial charge < -0.3 is 20.1 Å². The molecular weight excluding hydrogens is 252 g/mol. The van der Waals surface area contributed by atoms with Crippen LogP contribution in [0.15, 0.2) is 18.2 Å². The summed E-state index contributed by atoms with van der Waals surface area (Å²) in [5.41, 5.74) is 7.40. The molecular formula is C16H26N2O2. The number of methoxy groups -OCH3 is 2. The molecule has 0 spiro atoms. The summed E-state index contributed by atoms with van der Waals surface area (Å²) in [5, 5.41) is 0. The maximum atomic E-state index is 6.38. The van der Waals surface area contributed by atoms with Crippen LogP contribution >= 0.6 is 0 Å². The molecule has 20 heavy (non-hydrogen) atoms.